The Balaban J connectivity index is 2.22. The van der Waals surface area contributed by atoms with Crippen molar-refractivity contribution in [3.63, 3.8) is 0 Å². The van der Waals surface area contributed by atoms with E-state index >= 15 is 0 Å². The van der Waals surface area contributed by atoms with E-state index in [1.807, 2.05) is 62.2 Å². The Morgan fingerprint density at radius 3 is 2.48 bits per heavy atom. The minimum Gasteiger partial charge on any atom is -0.364 e. The zero-order valence-electron chi connectivity index (χ0n) is 12.5. The number of anilines is 1. The lowest BCUT2D eigenvalue weighted by atomic mass is 10.0. The van der Waals surface area contributed by atoms with Crippen LogP contribution >= 0.6 is 0 Å². The summed E-state index contributed by atoms with van der Waals surface area (Å²) in [5, 5.41) is 8.96. The van der Waals surface area contributed by atoms with Crippen molar-refractivity contribution in [3.05, 3.63) is 65.2 Å². The van der Waals surface area contributed by atoms with Crippen LogP contribution in [0.2, 0.25) is 0 Å². The van der Waals surface area contributed by atoms with Crippen LogP contribution < -0.4 is 4.90 Å². The molecular weight excluding hydrogens is 260 g/mol. The first-order chi connectivity index (χ1) is 10.0. The van der Waals surface area contributed by atoms with Crippen LogP contribution in [-0.2, 0) is 0 Å². The van der Waals surface area contributed by atoms with Gasteiger partial charge in [0.2, 0.25) is 0 Å². The summed E-state index contributed by atoms with van der Waals surface area (Å²) in [6, 6.07) is 16.7. The van der Waals surface area contributed by atoms with Crippen molar-refractivity contribution in [2.24, 2.45) is 0 Å². The van der Waals surface area contributed by atoms with Crippen LogP contribution in [0.1, 0.15) is 28.4 Å². The van der Waals surface area contributed by atoms with E-state index in [1.165, 1.54) is 0 Å². The monoisotopic (exact) mass is 278 g/mol. The first-order valence-corrected chi connectivity index (χ1v) is 6.87. The van der Waals surface area contributed by atoms with Gasteiger partial charge in [0.15, 0.2) is 5.78 Å². The van der Waals surface area contributed by atoms with Crippen molar-refractivity contribution in [2.75, 3.05) is 11.9 Å². The molecule has 1 atom stereocenters. The highest BCUT2D eigenvalue weighted by Crippen LogP contribution is 2.19. The van der Waals surface area contributed by atoms with Gasteiger partial charge in [-0.2, -0.15) is 5.26 Å². The van der Waals surface area contributed by atoms with Crippen LogP contribution in [0.3, 0.4) is 0 Å². The lowest BCUT2D eigenvalue weighted by Crippen LogP contribution is -2.36. The van der Waals surface area contributed by atoms with Crippen molar-refractivity contribution in [2.45, 2.75) is 19.9 Å². The minimum atomic E-state index is -0.290. The normalized spacial score (nSPS) is 11.5. The number of ketones is 1. The minimum absolute atomic E-state index is 0.0693. The molecule has 0 bridgehead atoms. The van der Waals surface area contributed by atoms with E-state index in [2.05, 4.69) is 6.07 Å². The molecule has 0 aliphatic rings. The maximum atomic E-state index is 12.5. The van der Waals surface area contributed by atoms with Gasteiger partial charge in [0.1, 0.15) is 0 Å². The smallest absolute Gasteiger partial charge is 0.184 e. The van der Waals surface area contributed by atoms with Crippen molar-refractivity contribution in [3.8, 4) is 6.07 Å². The Hall–Kier alpha value is -2.60. The molecule has 0 aliphatic carbocycles. The number of Topliss-reactive ketones (excluding diaryl/α,β-unsaturated/α-hetero) is 1. The Bertz CT molecular complexity index is 683. The third-order valence-electron chi connectivity index (χ3n) is 3.68. The number of nitrogens with zero attached hydrogens (tertiary/aromatic N) is 2. The fraction of sp³-hybridized carbons (Fsp3) is 0.222. The molecule has 0 aromatic heterocycles. The van der Waals surface area contributed by atoms with Gasteiger partial charge in [0, 0.05) is 18.3 Å². The maximum Gasteiger partial charge on any atom is 0.184 e. The topological polar surface area (TPSA) is 44.1 Å². The van der Waals surface area contributed by atoms with E-state index in [9.17, 15) is 4.79 Å². The predicted molar refractivity (Wildman–Crippen MR) is 84.5 cm³/mol. The van der Waals surface area contributed by atoms with Crippen LogP contribution in [0.4, 0.5) is 5.69 Å². The molecule has 0 fully saturated rings. The number of likely N-dealkylation sites (N-methyl/N-ethyl adjacent to an activating group) is 1. The predicted octanol–water partition coefficient (Wildman–Crippen LogP) is 3.57. The average molecular weight is 278 g/mol. The highest BCUT2D eigenvalue weighted by atomic mass is 16.1. The van der Waals surface area contributed by atoms with E-state index in [1.54, 1.807) is 12.1 Å². The number of carbonyl (C=O) groups excluding carboxylic acids is 1. The van der Waals surface area contributed by atoms with Crippen LogP contribution in [0.25, 0.3) is 0 Å². The molecule has 2 aromatic rings. The van der Waals surface area contributed by atoms with Gasteiger partial charge < -0.3 is 4.90 Å². The van der Waals surface area contributed by atoms with Crippen molar-refractivity contribution < 1.29 is 4.79 Å². The van der Waals surface area contributed by atoms with Crippen LogP contribution in [0, 0.1) is 18.3 Å². The average Bonchev–Trinajstić information content (AvgIpc) is 2.53. The quantitative estimate of drug-likeness (QED) is 0.803. The van der Waals surface area contributed by atoms with Gasteiger partial charge in [-0.1, -0.05) is 35.9 Å². The van der Waals surface area contributed by atoms with E-state index in [-0.39, 0.29) is 11.8 Å². The molecule has 0 saturated carbocycles. The molecule has 0 saturated heterocycles. The summed E-state index contributed by atoms with van der Waals surface area (Å²) in [6.45, 7) is 3.87. The second-order valence-electron chi connectivity index (χ2n) is 5.18. The van der Waals surface area contributed by atoms with Crippen LogP contribution in [0.15, 0.2) is 48.5 Å². The SMILES string of the molecule is Cc1ccc(C(=O)C(C)N(C)c2cccc(C#N)c2)cc1. The van der Waals surface area contributed by atoms with Gasteiger partial charge in [0.05, 0.1) is 17.7 Å². The molecule has 0 N–H and O–H groups in total. The van der Waals surface area contributed by atoms with Crippen LogP contribution in [0.5, 0.6) is 0 Å². The van der Waals surface area contributed by atoms with E-state index in [0.717, 1.165) is 11.3 Å². The first kappa shape index (κ1) is 14.8. The van der Waals surface area contributed by atoms with Gasteiger partial charge in [-0.05, 0) is 32.0 Å². The standard InChI is InChI=1S/C18H18N2O/c1-13-7-9-16(10-8-13)18(21)14(2)20(3)17-6-4-5-15(11-17)12-19/h4-11,14H,1-3H3. The van der Waals surface area contributed by atoms with Crippen LogP contribution in [-0.4, -0.2) is 18.9 Å². The molecule has 2 aromatic carbocycles. The number of carbonyl (C=O) groups is 1. The maximum absolute atomic E-state index is 12.5. The third-order valence-corrected chi connectivity index (χ3v) is 3.68. The van der Waals surface area contributed by atoms with Gasteiger partial charge in [-0.15, -0.1) is 0 Å². The molecule has 0 amide bonds. The fourth-order valence-corrected chi connectivity index (χ4v) is 2.15. The van der Waals surface area contributed by atoms with E-state index in [0.29, 0.717) is 11.1 Å². The molecule has 1 unspecified atom stereocenters. The molecule has 3 heteroatoms. The number of hydrogen-bond donors (Lipinski definition) is 0. The number of aryl methyl sites for hydroxylation is 1. The molecule has 3 nitrogen and oxygen atoms in total. The molecule has 0 spiro atoms. The lowest BCUT2D eigenvalue weighted by molar-refractivity contribution is 0.0966. The molecule has 21 heavy (non-hydrogen) atoms. The second kappa shape index (κ2) is 6.23. The zero-order valence-corrected chi connectivity index (χ0v) is 12.5. The number of hydrogen-bond acceptors (Lipinski definition) is 3. The highest BCUT2D eigenvalue weighted by Gasteiger charge is 2.20. The third kappa shape index (κ3) is 3.29. The summed E-state index contributed by atoms with van der Waals surface area (Å²) in [5.74, 6) is 0.0693. The van der Waals surface area contributed by atoms with Gasteiger partial charge in [0.25, 0.3) is 0 Å². The largest absolute Gasteiger partial charge is 0.364 e. The van der Waals surface area contributed by atoms with Crippen molar-refractivity contribution >= 4 is 11.5 Å². The molecule has 0 radical (unpaired) electrons. The first-order valence-electron chi connectivity index (χ1n) is 6.87. The molecule has 106 valence electrons. The Morgan fingerprint density at radius 1 is 1.19 bits per heavy atom. The van der Waals surface area contributed by atoms with Gasteiger partial charge >= 0.3 is 0 Å². The summed E-state index contributed by atoms with van der Waals surface area (Å²) in [7, 11) is 1.87. The molecule has 0 aliphatic heterocycles. The Labute approximate surface area is 125 Å². The van der Waals surface area contributed by atoms with Gasteiger partial charge in [-0.3, -0.25) is 4.79 Å². The number of nitriles is 1. The summed E-state index contributed by atoms with van der Waals surface area (Å²) in [6.07, 6.45) is 0. The summed E-state index contributed by atoms with van der Waals surface area (Å²) >= 11 is 0. The molecular formula is C18H18N2O. The Kier molecular flexibility index (Phi) is 4.39. The summed E-state index contributed by atoms with van der Waals surface area (Å²) in [5.41, 5.74) is 3.29. The summed E-state index contributed by atoms with van der Waals surface area (Å²) in [4.78, 5) is 14.4. The Morgan fingerprint density at radius 2 is 1.86 bits per heavy atom. The van der Waals surface area contributed by atoms with E-state index < -0.39 is 0 Å². The zero-order chi connectivity index (χ0) is 15.4. The van der Waals surface area contributed by atoms with Crippen molar-refractivity contribution in [1.29, 1.82) is 5.26 Å². The number of rotatable bonds is 4. The van der Waals surface area contributed by atoms with Crippen molar-refractivity contribution in [1.82, 2.24) is 0 Å². The van der Waals surface area contributed by atoms with E-state index in [4.69, 9.17) is 5.26 Å². The van der Waals surface area contributed by atoms with Gasteiger partial charge in [-0.25, -0.2) is 0 Å². The fourth-order valence-electron chi connectivity index (χ4n) is 2.15. The highest BCUT2D eigenvalue weighted by molar-refractivity contribution is 6.01. The second-order valence-corrected chi connectivity index (χ2v) is 5.18. The lowest BCUT2D eigenvalue weighted by Gasteiger charge is -2.26. The molecule has 0 heterocycles. The summed E-state index contributed by atoms with van der Waals surface area (Å²) < 4.78 is 0. The number of benzene rings is 2. The molecule has 2 rings (SSSR count).